The molecule has 0 fully saturated rings. The smallest absolute Gasteiger partial charge is 0.0808 e. The largest absolute Gasteiger partial charge is 0.379 e. The molecule has 41 heavy (non-hydrogen) atoms. The number of rotatable bonds is 37. The molecule has 0 heterocycles. The topological polar surface area (TPSA) is 83.1 Å². The molecule has 0 radical (unpaired) electrons. The van der Waals surface area contributed by atoms with Crippen molar-refractivity contribution in [2.75, 3.05) is 112 Å². The highest BCUT2D eigenvalue weighted by Crippen LogP contribution is 2.13. The predicted octanol–water partition coefficient (Wildman–Crippen LogP) is 5.86. The van der Waals surface area contributed by atoms with Gasteiger partial charge in [-0.3, -0.25) is 0 Å². The summed E-state index contributed by atoms with van der Waals surface area (Å²) in [4.78, 5) is 0. The Morgan fingerprint density at radius 1 is 0.341 bits per heavy atom. The lowest BCUT2D eigenvalue weighted by Crippen LogP contribution is -2.21. The van der Waals surface area contributed by atoms with Gasteiger partial charge in [0, 0.05) is 13.2 Å². The third-order valence-electron chi connectivity index (χ3n) is 6.39. The van der Waals surface area contributed by atoms with Gasteiger partial charge in [0.1, 0.15) is 0 Å². The van der Waals surface area contributed by atoms with Gasteiger partial charge in [-0.05, 0) is 20.3 Å². The van der Waals surface area contributed by atoms with Gasteiger partial charge >= 0.3 is 0 Å². The van der Waals surface area contributed by atoms with Crippen molar-refractivity contribution in [1.82, 2.24) is 0 Å². The average Bonchev–Trinajstić information content (AvgIpc) is 2.98. The fourth-order valence-electron chi connectivity index (χ4n) is 4.11. The van der Waals surface area contributed by atoms with Crippen molar-refractivity contribution in [3.63, 3.8) is 0 Å². The fraction of sp³-hybridized carbons (Fsp3) is 1.00. The normalized spacial score (nSPS) is 12.4. The zero-order valence-corrected chi connectivity index (χ0v) is 27.1. The number of hydrogen-bond donors (Lipinski definition) is 0. The van der Waals surface area contributed by atoms with Gasteiger partial charge in [0.2, 0.25) is 0 Å². The zero-order chi connectivity index (χ0) is 29.7. The highest BCUT2D eigenvalue weighted by molar-refractivity contribution is 4.58. The molecule has 0 rings (SSSR count). The first-order valence-corrected chi connectivity index (χ1v) is 16.6. The van der Waals surface area contributed by atoms with Gasteiger partial charge in [0.15, 0.2) is 0 Å². The van der Waals surface area contributed by atoms with E-state index in [0.29, 0.717) is 99.1 Å². The summed E-state index contributed by atoms with van der Waals surface area (Å²) in [5.74, 6) is 0. The first-order chi connectivity index (χ1) is 20.3. The van der Waals surface area contributed by atoms with E-state index in [9.17, 15) is 0 Å². The summed E-state index contributed by atoms with van der Waals surface area (Å²) >= 11 is 0. The number of ether oxygens (including phenoxy) is 9. The molecule has 1 unspecified atom stereocenters. The Morgan fingerprint density at radius 2 is 0.683 bits per heavy atom. The standard InChI is InChI=1S/C32H66O9/c1-4-7-8-9-10-11-12-13-14-15-16-32(41-6-3)31-40-30-29-39-28-27-38-26-25-37-24-23-36-22-21-35-20-19-34-18-17-33-5-2/h32H,4-31H2,1-3H3. The van der Waals surface area contributed by atoms with Crippen LogP contribution in [0.25, 0.3) is 0 Å². The molecule has 0 aliphatic carbocycles. The maximum absolute atomic E-state index is 5.86. The summed E-state index contributed by atoms with van der Waals surface area (Å²) in [6.45, 7) is 16.3. The molecular weight excluding hydrogens is 528 g/mol. The molecule has 1 atom stereocenters. The van der Waals surface area contributed by atoms with E-state index < -0.39 is 0 Å². The van der Waals surface area contributed by atoms with Crippen molar-refractivity contribution in [2.24, 2.45) is 0 Å². The highest BCUT2D eigenvalue weighted by atomic mass is 16.6. The second-order valence-electron chi connectivity index (χ2n) is 9.99. The van der Waals surface area contributed by atoms with Crippen LogP contribution in [0.3, 0.4) is 0 Å². The van der Waals surface area contributed by atoms with E-state index in [2.05, 4.69) is 13.8 Å². The molecule has 0 aromatic carbocycles. The van der Waals surface area contributed by atoms with E-state index in [-0.39, 0.29) is 6.10 Å². The van der Waals surface area contributed by atoms with E-state index in [1.54, 1.807) is 0 Å². The third kappa shape index (κ3) is 35.7. The Kier molecular flexibility index (Phi) is 37.3. The van der Waals surface area contributed by atoms with E-state index in [1.165, 1.54) is 64.2 Å². The van der Waals surface area contributed by atoms with Crippen molar-refractivity contribution in [2.45, 2.75) is 97.5 Å². The molecule has 9 nitrogen and oxygen atoms in total. The molecule has 0 saturated heterocycles. The monoisotopic (exact) mass is 594 g/mol. The molecule has 0 aliphatic rings. The summed E-state index contributed by atoms with van der Waals surface area (Å²) < 4.78 is 49.7. The molecule has 0 saturated carbocycles. The third-order valence-corrected chi connectivity index (χ3v) is 6.39. The number of unbranched alkanes of at least 4 members (excludes halogenated alkanes) is 9. The van der Waals surface area contributed by atoms with Crippen LogP contribution >= 0.6 is 0 Å². The Bertz CT molecular complexity index is 457. The molecule has 0 spiro atoms. The van der Waals surface area contributed by atoms with Crippen molar-refractivity contribution >= 4 is 0 Å². The van der Waals surface area contributed by atoms with Crippen molar-refractivity contribution in [1.29, 1.82) is 0 Å². The molecule has 0 aliphatic heterocycles. The van der Waals surface area contributed by atoms with Crippen molar-refractivity contribution < 1.29 is 42.6 Å². The van der Waals surface area contributed by atoms with E-state index in [0.717, 1.165) is 19.6 Å². The predicted molar refractivity (Wildman–Crippen MR) is 164 cm³/mol. The average molecular weight is 595 g/mol. The Balaban J connectivity index is 3.29. The summed E-state index contributed by atoms with van der Waals surface area (Å²) in [5.41, 5.74) is 0. The van der Waals surface area contributed by atoms with Crippen molar-refractivity contribution in [3.05, 3.63) is 0 Å². The van der Waals surface area contributed by atoms with Crippen LogP contribution in [0, 0.1) is 0 Å². The molecule has 0 bridgehead atoms. The van der Waals surface area contributed by atoms with E-state index in [1.807, 2.05) is 6.92 Å². The second-order valence-corrected chi connectivity index (χ2v) is 9.99. The second kappa shape index (κ2) is 37.7. The summed E-state index contributed by atoms with van der Waals surface area (Å²) in [5, 5.41) is 0. The van der Waals surface area contributed by atoms with Crippen LogP contribution in [-0.4, -0.2) is 118 Å². The van der Waals surface area contributed by atoms with Crippen LogP contribution in [-0.2, 0) is 42.6 Å². The summed E-state index contributed by atoms with van der Waals surface area (Å²) in [6.07, 6.45) is 14.8. The van der Waals surface area contributed by atoms with E-state index in [4.69, 9.17) is 42.6 Å². The quantitative estimate of drug-likeness (QED) is 0.0822. The van der Waals surface area contributed by atoms with Crippen LogP contribution in [0.15, 0.2) is 0 Å². The molecule has 248 valence electrons. The van der Waals surface area contributed by atoms with Gasteiger partial charge in [-0.2, -0.15) is 0 Å². The SMILES string of the molecule is CCCCCCCCCCCCC(COCCOCCOCCOCCOCCOCCOCCOCC)OCC. The van der Waals surface area contributed by atoms with Gasteiger partial charge in [-0.25, -0.2) is 0 Å². The molecule has 0 aromatic heterocycles. The lowest BCUT2D eigenvalue weighted by molar-refractivity contribution is -0.0402. The minimum Gasteiger partial charge on any atom is -0.379 e. The van der Waals surface area contributed by atoms with Crippen LogP contribution in [0.5, 0.6) is 0 Å². The lowest BCUT2D eigenvalue weighted by atomic mass is 10.0. The first kappa shape index (κ1) is 40.6. The molecule has 0 aromatic rings. The number of hydrogen-bond acceptors (Lipinski definition) is 9. The van der Waals surface area contributed by atoms with Gasteiger partial charge in [-0.1, -0.05) is 71.1 Å². The lowest BCUT2D eigenvalue weighted by Gasteiger charge is -2.17. The summed E-state index contributed by atoms with van der Waals surface area (Å²) in [6, 6.07) is 0. The minimum absolute atomic E-state index is 0.192. The maximum Gasteiger partial charge on any atom is 0.0808 e. The van der Waals surface area contributed by atoms with E-state index >= 15 is 0 Å². The summed E-state index contributed by atoms with van der Waals surface area (Å²) in [7, 11) is 0. The molecule has 0 amide bonds. The zero-order valence-electron chi connectivity index (χ0n) is 27.1. The van der Waals surface area contributed by atoms with Crippen LogP contribution in [0.1, 0.15) is 91.4 Å². The Morgan fingerprint density at radius 3 is 1.05 bits per heavy atom. The van der Waals surface area contributed by atoms with Gasteiger partial charge in [0.05, 0.1) is 105 Å². The minimum atomic E-state index is 0.192. The maximum atomic E-state index is 5.86. The molecular formula is C32H66O9. The Labute approximate surface area is 252 Å². The van der Waals surface area contributed by atoms with Gasteiger partial charge in [0.25, 0.3) is 0 Å². The fourth-order valence-corrected chi connectivity index (χ4v) is 4.11. The van der Waals surface area contributed by atoms with Crippen LogP contribution < -0.4 is 0 Å². The molecule has 0 N–H and O–H groups in total. The van der Waals surface area contributed by atoms with Crippen molar-refractivity contribution in [3.8, 4) is 0 Å². The Hall–Kier alpha value is -0.360. The molecule has 9 heteroatoms. The van der Waals surface area contributed by atoms with Gasteiger partial charge < -0.3 is 42.6 Å². The van der Waals surface area contributed by atoms with Gasteiger partial charge in [-0.15, -0.1) is 0 Å². The first-order valence-electron chi connectivity index (χ1n) is 16.6. The van der Waals surface area contributed by atoms with Crippen LogP contribution in [0.2, 0.25) is 0 Å². The van der Waals surface area contributed by atoms with Crippen LogP contribution in [0.4, 0.5) is 0 Å². The highest BCUT2D eigenvalue weighted by Gasteiger charge is 2.08.